The van der Waals surface area contributed by atoms with Crippen LogP contribution in [0.1, 0.15) is 13.8 Å². The van der Waals surface area contributed by atoms with Crippen LogP contribution in [0.2, 0.25) is 0 Å². The third-order valence-electron chi connectivity index (χ3n) is 1.34. The number of carbonyl (C=O) groups is 1. The molecule has 5 heteroatoms. The summed E-state index contributed by atoms with van der Waals surface area (Å²) in [6, 6.07) is 0. The summed E-state index contributed by atoms with van der Waals surface area (Å²) in [5.41, 5.74) is 0.364. The fourth-order valence-electron chi connectivity index (χ4n) is 0.580. The predicted molar refractivity (Wildman–Crippen MR) is 40.7 cm³/mol. The standard InChI is InChI=1S/C7H12O5/c1-3(2)4(8)5(9)6(10)7(11)12/h5-6,8-10H,1-2H3,(H,11,12)/t5-,6+/m0/s1. The molecule has 2 atom stereocenters. The van der Waals surface area contributed by atoms with E-state index in [1.165, 1.54) is 13.8 Å². The summed E-state index contributed by atoms with van der Waals surface area (Å²) < 4.78 is 0. The minimum Gasteiger partial charge on any atom is -0.510 e. The molecule has 0 aliphatic rings. The van der Waals surface area contributed by atoms with Crippen molar-refractivity contribution in [2.45, 2.75) is 26.1 Å². The highest BCUT2D eigenvalue weighted by atomic mass is 16.4. The lowest BCUT2D eigenvalue weighted by molar-refractivity contribution is -0.152. The molecule has 5 nitrogen and oxygen atoms in total. The Balaban J connectivity index is 4.50. The SMILES string of the molecule is CC(C)=C(O)[C@H](O)[C@@H](O)C(=O)O. The molecule has 0 saturated carbocycles. The molecule has 0 unspecified atom stereocenters. The van der Waals surface area contributed by atoms with Gasteiger partial charge in [0.05, 0.1) is 0 Å². The molecule has 0 aromatic carbocycles. The molecule has 0 spiro atoms. The number of hydrogen-bond donors (Lipinski definition) is 4. The van der Waals surface area contributed by atoms with E-state index in [0.717, 1.165) is 0 Å². The van der Waals surface area contributed by atoms with Crippen molar-refractivity contribution in [3.05, 3.63) is 11.3 Å². The molecule has 0 fully saturated rings. The minimum atomic E-state index is -1.99. The van der Waals surface area contributed by atoms with Crippen LogP contribution in [-0.4, -0.2) is 38.6 Å². The molecule has 70 valence electrons. The van der Waals surface area contributed by atoms with E-state index in [-0.39, 0.29) is 0 Å². The quantitative estimate of drug-likeness (QED) is 0.440. The molecule has 0 bridgehead atoms. The summed E-state index contributed by atoms with van der Waals surface area (Å²) >= 11 is 0. The first-order chi connectivity index (χ1) is 5.37. The van der Waals surface area contributed by atoms with Crippen molar-refractivity contribution in [1.29, 1.82) is 0 Å². The Morgan fingerprint density at radius 3 is 1.75 bits per heavy atom. The van der Waals surface area contributed by atoms with Gasteiger partial charge in [0.2, 0.25) is 0 Å². The van der Waals surface area contributed by atoms with E-state index in [0.29, 0.717) is 5.57 Å². The summed E-state index contributed by atoms with van der Waals surface area (Å²) in [7, 11) is 0. The summed E-state index contributed by atoms with van der Waals surface area (Å²) in [6.07, 6.45) is -3.74. The van der Waals surface area contributed by atoms with Gasteiger partial charge in [0.15, 0.2) is 6.10 Å². The Bertz CT molecular complexity index is 204. The second-order valence-electron chi connectivity index (χ2n) is 2.61. The molecule has 0 amide bonds. The molecule has 4 N–H and O–H groups in total. The van der Waals surface area contributed by atoms with Crippen LogP contribution in [0.25, 0.3) is 0 Å². The summed E-state index contributed by atoms with van der Waals surface area (Å²) in [4.78, 5) is 10.1. The largest absolute Gasteiger partial charge is 0.510 e. The second kappa shape index (κ2) is 4.08. The van der Waals surface area contributed by atoms with E-state index in [9.17, 15) is 4.79 Å². The number of hydrogen-bond acceptors (Lipinski definition) is 4. The Kier molecular flexibility index (Phi) is 3.72. The topological polar surface area (TPSA) is 98.0 Å². The number of aliphatic hydroxyl groups excluding tert-OH is 3. The number of carboxylic acid groups (broad SMARTS) is 1. The van der Waals surface area contributed by atoms with Gasteiger partial charge in [-0.25, -0.2) is 4.79 Å². The van der Waals surface area contributed by atoms with E-state index >= 15 is 0 Å². The fourth-order valence-corrected chi connectivity index (χ4v) is 0.580. The van der Waals surface area contributed by atoms with Crippen LogP contribution in [0.15, 0.2) is 11.3 Å². The van der Waals surface area contributed by atoms with E-state index in [1.807, 2.05) is 0 Å². The first-order valence-electron chi connectivity index (χ1n) is 3.33. The van der Waals surface area contributed by atoms with E-state index in [1.54, 1.807) is 0 Å². The molecule has 0 aliphatic heterocycles. The predicted octanol–water partition coefficient (Wildman–Crippen LogP) is -0.355. The van der Waals surface area contributed by atoms with Gasteiger partial charge in [0.25, 0.3) is 0 Å². The number of carboxylic acids is 1. The molecule has 0 heterocycles. The normalized spacial score (nSPS) is 15.0. The van der Waals surface area contributed by atoms with Gasteiger partial charge >= 0.3 is 5.97 Å². The first-order valence-corrected chi connectivity index (χ1v) is 3.33. The molecule has 12 heavy (non-hydrogen) atoms. The molecule has 0 saturated heterocycles. The van der Waals surface area contributed by atoms with Gasteiger partial charge in [-0.3, -0.25) is 0 Å². The lowest BCUT2D eigenvalue weighted by Gasteiger charge is -2.14. The highest BCUT2D eigenvalue weighted by molar-refractivity contribution is 5.73. The van der Waals surface area contributed by atoms with Crippen LogP contribution in [-0.2, 0) is 4.79 Å². The van der Waals surface area contributed by atoms with Crippen LogP contribution < -0.4 is 0 Å². The van der Waals surface area contributed by atoms with Crippen LogP contribution >= 0.6 is 0 Å². The van der Waals surface area contributed by atoms with Crippen LogP contribution in [0.4, 0.5) is 0 Å². The van der Waals surface area contributed by atoms with Gasteiger partial charge in [0.1, 0.15) is 11.9 Å². The average molecular weight is 176 g/mol. The van der Waals surface area contributed by atoms with Crippen LogP contribution in [0.3, 0.4) is 0 Å². The highest BCUT2D eigenvalue weighted by Gasteiger charge is 2.27. The molecule has 0 radical (unpaired) electrons. The number of rotatable bonds is 3. The number of aliphatic hydroxyl groups is 3. The second-order valence-corrected chi connectivity index (χ2v) is 2.61. The zero-order chi connectivity index (χ0) is 9.89. The molecule has 0 rings (SSSR count). The van der Waals surface area contributed by atoms with Crippen LogP contribution in [0.5, 0.6) is 0 Å². The molecule has 0 aromatic heterocycles. The van der Waals surface area contributed by atoms with Gasteiger partial charge in [-0.15, -0.1) is 0 Å². The number of allylic oxidation sites excluding steroid dienone is 1. The molecular formula is C7H12O5. The van der Waals surface area contributed by atoms with Crippen molar-refractivity contribution in [3.8, 4) is 0 Å². The Morgan fingerprint density at radius 1 is 1.08 bits per heavy atom. The van der Waals surface area contributed by atoms with Crippen molar-refractivity contribution in [2.75, 3.05) is 0 Å². The third-order valence-corrected chi connectivity index (χ3v) is 1.34. The lowest BCUT2D eigenvalue weighted by atomic mass is 10.1. The molecule has 0 aromatic rings. The Hall–Kier alpha value is -1.07. The summed E-state index contributed by atoms with van der Waals surface area (Å²) in [5.74, 6) is -2.08. The monoisotopic (exact) mass is 176 g/mol. The van der Waals surface area contributed by atoms with Gasteiger partial charge in [-0.1, -0.05) is 0 Å². The van der Waals surface area contributed by atoms with Gasteiger partial charge in [-0.05, 0) is 19.4 Å². The minimum absolute atomic E-state index is 0.364. The highest BCUT2D eigenvalue weighted by Crippen LogP contribution is 2.08. The first kappa shape index (κ1) is 10.9. The fraction of sp³-hybridized carbons (Fsp3) is 0.571. The van der Waals surface area contributed by atoms with Crippen molar-refractivity contribution >= 4 is 5.97 Å². The zero-order valence-corrected chi connectivity index (χ0v) is 6.85. The Labute approximate surface area is 69.6 Å². The number of aliphatic carboxylic acids is 1. The maximum absolute atomic E-state index is 10.1. The summed E-state index contributed by atoms with van der Waals surface area (Å²) in [6.45, 7) is 2.99. The Morgan fingerprint density at radius 2 is 1.50 bits per heavy atom. The average Bonchev–Trinajstić information content (AvgIpc) is 2.00. The smallest absolute Gasteiger partial charge is 0.335 e. The van der Waals surface area contributed by atoms with Crippen LogP contribution in [0, 0.1) is 0 Å². The summed E-state index contributed by atoms with van der Waals surface area (Å²) in [5, 5.41) is 35.0. The lowest BCUT2D eigenvalue weighted by Crippen LogP contribution is -2.35. The molecule has 0 aliphatic carbocycles. The van der Waals surface area contributed by atoms with E-state index < -0.39 is 23.9 Å². The van der Waals surface area contributed by atoms with Gasteiger partial charge in [-0.2, -0.15) is 0 Å². The third kappa shape index (κ3) is 2.52. The van der Waals surface area contributed by atoms with E-state index in [4.69, 9.17) is 20.4 Å². The van der Waals surface area contributed by atoms with Crippen molar-refractivity contribution in [1.82, 2.24) is 0 Å². The van der Waals surface area contributed by atoms with Crippen molar-refractivity contribution < 1.29 is 25.2 Å². The maximum atomic E-state index is 10.1. The van der Waals surface area contributed by atoms with Gasteiger partial charge in [0, 0.05) is 0 Å². The van der Waals surface area contributed by atoms with E-state index in [2.05, 4.69) is 0 Å². The molecular weight excluding hydrogens is 164 g/mol. The maximum Gasteiger partial charge on any atom is 0.335 e. The van der Waals surface area contributed by atoms with Gasteiger partial charge < -0.3 is 20.4 Å². The van der Waals surface area contributed by atoms with Crippen molar-refractivity contribution in [2.24, 2.45) is 0 Å². The van der Waals surface area contributed by atoms with Crippen molar-refractivity contribution in [3.63, 3.8) is 0 Å². The zero-order valence-electron chi connectivity index (χ0n) is 6.85.